The summed E-state index contributed by atoms with van der Waals surface area (Å²) in [6, 6.07) is 6.22. The Morgan fingerprint density at radius 3 is 1.05 bits per heavy atom. The maximum atomic E-state index is 4.52. The van der Waals surface area contributed by atoms with Crippen molar-refractivity contribution in [2.45, 2.75) is 65.2 Å². The fourth-order valence-electron chi connectivity index (χ4n) is 9.79. The molecule has 0 saturated carbocycles. The van der Waals surface area contributed by atoms with Gasteiger partial charge in [-0.1, -0.05) is 47.5 Å². The molecule has 3 fully saturated rings. The number of nitrogens with zero attached hydrogens (tertiary/aromatic N) is 9. The second-order valence-corrected chi connectivity index (χ2v) is 15.8. The smallest absolute Gasteiger partial charge is 0.156 e. The molecule has 12 heterocycles. The monoisotopic (exact) mass is 817 g/mol. The second kappa shape index (κ2) is 17.1. The highest BCUT2D eigenvalue weighted by molar-refractivity contribution is 5.85. The lowest BCUT2D eigenvalue weighted by Crippen LogP contribution is -2.12. The predicted molar refractivity (Wildman–Crippen MR) is 237 cm³/mol. The van der Waals surface area contributed by atoms with Crippen LogP contribution in [0.15, 0.2) is 74.0 Å². The van der Waals surface area contributed by atoms with E-state index in [0.717, 1.165) is 89.7 Å². The van der Waals surface area contributed by atoms with Gasteiger partial charge in [-0.2, -0.15) is 0 Å². The van der Waals surface area contributed by atoms with Gasteiger partial charge in [-0.3, -0.25) is 13.2 Å². The van der Waals surface area contributed by atoms with Crippen LogP contribution in [0, 0.1) is 17.8 Å². The first kappa shape index (κ1) is 40.4. The summed E-state index contributed by atoms with van der Waals surface area (Å²) in [7, 11) is 0. The van der Waals surface area contributed by atoms with Gasteiger partial charge < -0.3 is 30.9 Å². The van der Waals surface area contributed by atoms with E-state index in [2.05, 4.69) is 113 Å². The zero-order chi connectivity index (χ0) is 38.5. The maximum absolute atomic E-state index is 4.52. The van der Waals surface area contributed by atoms with Crippen molar-refractivity contribution in [1.29, 1.82) is 0 Å². The molecule has 6 atom stereocenters. The van der Waals surface area contributed by atoms with Gasteiger partial charge in [-0.05, 0) is 55.6 Å². The molecule has 0 amide bonds. The molecule has 9 aromatic heterocycles. The zero-order valence-corrected chi connectivity index (χ0v) is 34.0. The van der Waals surface area contributed by atoms with Gasteiger partial charge in [-0.25, -0.2) is 29.9 Å². The summed E-state index contributed by atoms with van der Waals surface area (Å²) in [4.78, 5) is 36.3. The van der Waals surface area contributed by atoms with Gasteiger partial charge in [0.25, 0.3) is 0 Å². The van der Waals surface area contributed by atoms with Gasteiger partial charge >= 0.3 is 0 Å². The van der Waals surface area contributed by atoms with E-state index in [4.69, 9.17) is 0 Å². The molecule has 310 valence electrons. The Kier molecular flexibility index (Phi) is 11.7. The summed E-state index contributed by atoms with van der Waals surface area (Å²) in [5.41, 5.74) is 12.8. The lowest BCUT2D eigenvalue weighted by Gasteiger charge is -2.16. The highest BCUT2D eigenvalue weighted by atomic mass is 35.5. The molecular weight excluding hydrogens is 762 g/mol. The molecule has 0 aromatic carbocycles. The number of imidazole rings is 3. The van der Waals surface area contributed by atoms with E-state index < -0.39 is 0 Å². The first-order valence-electron chi connectivity index (χ1n) is 20.7. The minimum Gasteiger partial charge on any atom is -0.345 e. The molecule has 3 aliphatic rings. The average molecular weight is 818 g/mol. The van der Waals surface area contributed by atoms with Gasteiger partial charge in [0.15, 0.2) is 33.9 Å². The summed E-state index contributed by atoms with van der Waals surface area (Å²) < 4.78 is 6.75. The van der Waals surface area contributed by atoms with Crippen molar-refractivity contribution >= 4 is 62.8 Å². The van der Waals surface area contributed by atoms with E-state index in [-0.39, 0.29) is 19.8 Å². The molecule has 9 aromatic rings. The third-order valence-corrected chi connectivity index (χ3v) is 12.9. The highest BCUT2D eigenvalue weighted by Gasteiger charge is 2.32. The van der Waals surface area contributed by atoms with Crippen LogP contribution in [0.2, 0.25) is 0 Å². The Morgan fingerprint density at radius 2 is 0.763 bits per heavy atom. The number of fused-ring (bicyclic) bond motifs is 9. The van der Waals surface area contributed by atoms with Crippen LogP contribution in [-0.4, -0.2) is 97.3 Å². The predicted octanol–water partition coefficient (Wildman–Crippen LogP) is 6.83. The molecule has 3 saturated heterocycles. The molecule has 3 aliphatic heterocycles. The number of halogens is 1. The number of aromatic nitrogens is 12. The van der Waals surface area contributed by atoms with Crippen molar-refractivity contribution in [2.75, 3.05) is 39.3 Å². The van der Waals surface area contributed by atoms with Gasteiger partial charge in [0.1, 0.15) is 0 Å². The van der Waals surface area contributed by atoms with Gasteiger partial charge in [0, 0.05) is 91.7 Å². The van der Waals surface area contributed by atoms with Gasteiger partial charge in [0.2, 0.25) is 0 Å². The summed E-state index contributed by atoms with van der Waals surface area (Å²) in [5.74, 6) is 3.72. The number of rotatable bonds is 6. The standard InChI is InChI=1S/3C14H17N5.CH4.ClH/c3*1-2-9-5-15-6-10(9)12-7-17-13-8-18-14-11(19(12)13)3-4-16-14;;/h3*3-4,7-10,15-16H,2,5-6H2,1H3;1H4;1H/t3*9-,10?;;/m111../s1. The Balaban J connectivity index is 0.000000121. The molecule has 6 N–H and O–H groups in total. The first-order valence-corrected chi connectivity index (χ1v) is 20.7. The Hall–Kier alpha value is -5.35. The third kappa shape index (κ3) is 7.03. The quantitative estimate of drug-likeness (QED) is 0.105. The number of hydrogen-bond acceptors (Lipinski definition) is 9. The van der Waals surface area contributed by atoms with Crippen LogP contribution in [0.25, 0.3) is 50.4 Å². The maximum Gasteiger partial charge on any atom is 0.156 e. The lowest BCUT2D eigenvalue weighted by atomic mass is 9.91. The fraction of sp³-hybridized carbons (Fsp3) is 0.442. The fourth-order valence-corrected chi connectivity index (χ4v) is 9.79. The molecule has 3 unspecified atom stereocenters. The molecule has 15 nitrogen and oxygen atoms in total. The summed E-state index contributed by atoms with van der Waals surface area (Å²) >= 11 is 0. The van der Waals surface area contributed by atoms with Crippen LogP contribution in [0.3, 0.4) is 0 Å². The van der Waals surface area contributed by atoms with E-state index >= 15 is 0 Å². The van der Waals surface area contributed by atoms with Crippen molar-refractivity contribution in [2.24, 2.45) is 17.8 Å². The number of nitrogens with one attached hydrogen (secondary N) is 6. The average Bonchev–Trinajstić information content (AvgIpc) is 4.09. The van der Waals surface area contributed by atoms with E-state index in [1.165, 1.54) is 36.3 Å². The zero-order valence-electron chi connectivity index (χ0n) is 33.2. The van der Waals surface area contributed by atoms with Crippen molar-refractivity contribution in [3.8, 4) is 0 Å². The summed E-state index contributed by atoms with van der Waals surface area (Å²) in [6.07, 6.45) is 21.0. The lowest BCUT2D eigenvalue weighted by molar-refractivity contribution is 0.493. The van der Waals surface area contributed by atoms with Crippen LogP contribution in [-0.2, 0) is 0 Å². The molecule has 0 spiro atoms. The SMILES string of the molecule is C.CC[C@@H]1CNCC1c1cnc2cnc3[nH]ccc3n12.CC[C@@H]1CNCC1c1cnc2cnc3[nH]ccc3n12.CC[C@@H]1CNCC1c1cnc2cnc3[nH]ccc3n12.Cl. The van der Waals surface area contributed by atoms with Crippen LogP contribution in [0.1, 0.15) is 82.3 Å². The van der Waals surface area contributed by atoms with Crippen molar-refractivity contribution < 1.29 is 0 Å². The Bertz CT molecular complexity index is 2490. The molecule has 0 aliphatic carbocycles. The Morgan fingerprint density at radius 1 is 0.458 bits per heavy atom. The minimum absolute atomic E-state index is 0. The normalized spacial score (nSPS) is 22.8. The summed E-state index contributed by atoms with van der Waals surface area (Å²) in [5, 5.41) is 10.5. The van der Waals surface area contributed by atoms with E-state index in [0.29, 0.717) is 35.5 Å². The van der Waals surface area contributed by atoms with E-state index in [9.17, 15) is 0 Å². The molecule has 12 rings (SSSR count). The molecular formula is C43H56ClN15. The van der Waals surface area contributed by atoms with Gasteiger partial charge in [0.05, 0.1) is 35.1 Å². The third-order valence-electron chi connectivity index (χ3n) is 12.9. The topological polar surface area (TPSA) is 174 Å². The molecule has 0 radical (unpaired) electrons. The Labute approximate surface area is 349 Å². The van der Waals surface area contributed by atoms with Crippen LogP contribution >= 0.6 is 12.4 Å². The molecule has 16 heteroatoms. The van der Waals surface area contributed by atoms with Crippen molar-refractivity contribution in [1.82, 2.24) is 74.0 Å². The number of aromatic amines is 3. The molecule has 0 bridgehead atoms. The van der Waals surface area contributed by atoms with Crippen molar-refractivity contribution in [3.05, 3.63) is 91.1 Å². The molecule has 59 heavy (non-hydrogen) atoms. The van der Waals surface area contributed by atoms with E-state index in [1.807, 2.05) is 55.8 Å². The van der Waals surface area contributed by atoms with Crippen LogP contribution < -0.4 is 16.0 Å². The van der Waals surface area contributed by atoms with E-state index in [1.54, 1.807) is 0 Å². The van der Waals surface area contributed by atoms with Crippen LogP contribution in [0.5, 0.6) is 0 Å². The van der Waals surface area contributed by atoms with Crippen LogP contribution in [0.4, 0.5) is 0 Å². The number of H-pyrrole nitrogens is 3. The highest BCUT2D eigenvalue weighted by Crippen LogP contribution is 2.34. The number of hydrogen-bond donors (Lipinski definition) is 6. The van der Waals surface area contributed by atoms with Crippen molar-refractivity contribution in [3.63, 3.8) is 0 Å². The summed E-state index contributed by atoms with van der Waals surface area (Å²) in [6.45, 7) is 13.2. The second-order valence-electron chi connectivity index (χ2n) is 15.8. The largest absolute Gasteiger partial charge is 0.345 e. The van der Waals surface area contributed by atoms with Gasteiger partial charge in [-0.15, -0.1) is 12.4 Å². The minimum atomic E-state index is 0. The first-order chi connectivity index (χ1) is 28.1.